The predicted molar refractivity (Wildman–Crippen MR) is 77.8 cm³/mol. The SMILES string of the molecule is CC(=O)c1ccc(Oc2nc(C)nc(C)c2C)c(Cl)c1. The van der Waals surface area contributed by atoms with Crippen LogP contribution in [0.1, 0.15) is 34.4 Å². The quantitative estimate of drug-likeness (QED) is 0.800. The molecule has 1 aromatic heterocycles. The normalized spacial score (nSPS) is 10.4. The molecule has 0 bridgehead atoms. The Hall–Kier alpha value is -1.94. The molecule has 0 N–H and O–H groups in total. The van der Waals surface area contributed by atoms with Crippen LogP contribution in [0.2, 0.25) is 5.02 Å². The van der Waals surface area contributed by atoms with Crippen molar-refractivity contribution < 1.29 is 9.53 Å². The first-order valence-electron chi connectivity index (χ1n) is 6.18. The van der Waals surface area contributed by atoms with Gasteiger partial charge >= 0.3 is 0 Å². The molecule has 0 unspecified atom stereocenters. The highest BCUT2D eigenvalue weighted by atomic mass is 35.5. The molecule has 0 fully saturated rings. The van der Waals surface area contributed by atoms with Gasteiger partial charge in [-0.05, 0) is 45.9 Å². The molecule has 20 heavy (non-hydrogen) atoms. The van der Waals surface area contributed by atoms with E-state index in [1.165, 1.54) is 6.92 Å². The highest BCUT2D eigenvalue weighted by molar-refractivity contribution is 6.32. The van der Waals surface area contributed by atoms with Gasteiger partial charge in [0.25, 0.3) is 0 Å². The van der Waals surface area contributed by atoms with E-state index >= 15 is 0 Å². The van der Waals surface area contributed by atoms with Crippen LogP contribution >= 0.6 is 11.6 Å². The first-order chi connectivity index (χ1) is 9.38. The summed E-state index contributed by atoms with van der Waals surface area (Å²) in [6.45, 7) is 7.09. The Kier molecular flexibility index (Phi) is 4.04. The topological polar surface area (TPSA) is 52.1 Å². The van der Waals surface area contributed by atoms with Gasteiger partial charge < -0.3 is 4.74 Å². The van der Waals surface area contributed by atoms with Crippen molar-refractivity contribution in [1.82, 2.24) is 9.97 Å². The minimum absolute atomic E-state index is 0.0386. The Labute approximate surface area is 122 Å². The smallest absolute Gasteiger partial charge is 0.225 e. The van der Waals surface area contributed by atoms with E-state index in [1.54, 1.807) is 25.1 Å². The summed E-state index contributed by atoms with van der Waals surface area (Å²) >= 11 is 6.13. The molecule has 0 atom stereocenters. The van der Waals surface area contributed by atoms with Gasteiger partial charge in [0.1, 0.15) is 11.6 Å². The van der Waals surface area contributed by atoms with Crippen LogP contribution < -0.4 is 4.74 Å². The number of hydrogen-bond acceptors (Lipinski definition) is 4. The number of ether oxygens (including phenoxy) is 1. The lowest BCUT2D eigenvalue weighted by molar-refractivity contribution is 0.101. The molecule has 0 aliphatic rings. The van der Waals surface area contributed by atoms with Gasteiger partial charge in [0.2, 0.25) is 5.88 Å². The lowest BCUT2D eigenvalue weighted by Crippen LogP contribution is -2.00. The molecule has 5 heteroatoms. The van der Waals surface area contributed by atoms with Gasteiger partial charge in [-0.3, -0.25) is 4.79 Å². The third-order valence-corrected chi connectivity index (χ3v) is 3.30. The summed E-state index contributed by atoms with van der Waals surface area (Å²) in [6.07, 6.45) is 0. The van der Waals surface area contributed by atoms with E-state index < -0.39 is 0 Å². The minimum atomic E-state index is -0.0386. The van der Waals surface area contributed by atoms with E-state index in [1.807, 2.05) is 13.8 Å². The summed E-state index contributed by atoms with van der Waals surface area (Å²) in [4.78, 5) is 19.8. The summed E-state index contributed by atoms with van der Waals surface area (Å²) in [5.74, 6) is 1.55. The summed E-state index contributed by atoms with van der Waals surface area (Å²) in [5.41, 5.74) is 2.28. The Morgan fingerprint density at radius 1 is 1.20 bits per heavy atom. The molecule has 0 aliphatic heterocycles. The number of halogens is 1. The molecule has 0 saturated carbocycles. The Morgan fingerprint density at radius 2 is 1.90 bits per heavy atom. The van der Waals surface area contributed by atoms with Gasteiger partial charge in [-0.1, -0.05) is 11.6 Å². The van der Waals surface area contributed by atoms with Crippen molar-refractivity contribution in [3.63, 3.8) is 0 Å². The number of ketones is 1. The van der Waals surface area contributed by atoms with Crippen LogP contribution in [0.3, 0.4) is 0 Å². The van der Waals surface area contributed by atoms with Crippen LogP contribution in [0.5, 0.6) is 11.6 Å². The zero-order valence-corrected chi connectivity index (χ0v) is 12.6. The molecule has 0 spiro atoms. The van der Waals surface area contributed by atoms with Crippen molar-refractivity contribution in [2.75, 3.05) is 0 Å². The second-order valence-electron chi connectivity index (χ2n) is 4.59. The average Bonchev–Trinajstić information content (AvgIpc) is 2.37. The average molecular weight is 291 g/mol. The number of benzene rings is 1. The third-order valence-electron chi connectivity index (χ3n) is 3.00. The number of hydrogen-bond donors (Lipinski definition) is 0. The molecule has 4 nitrogen and oxygen atoms in total. The van der Waals surface area contributed by atoms with Crippen LogP contribution in [0, 0.1) is 20.8 Å². The van der Waals surface area contributed by atoms with Crippen LogP contribution in [0.25, 0.3) is 0 Å². The molecular weight excluding hydrogens is 276 g/mol. The van der Waals surface area contributed by atoms with Gasteiger partial charge in [-0.25, -0.2) is 4.98 Å². The Bertz CT molecular complexity index is 684. The Morgan fingerprint density at radius 3 is 2.50 bits per heavy atom. The van der Waals surface area contributed by atoms with E-state index in [0.717, 1.165) is 11.3 Å². The van der Waals surface area contributed by atoms with Crippen LogP contribution in [-0.2, 0) is 0 Å². The molecule has 1 aromatic carbocycles. The van der Waals surface area contributed by atoms with Crippen LogP contribution in [-0.4, -0.2) is 15.8 Å². The number of nitrogens with zero attached hydrogens (tertiary/aromatic N) is 2. The zero-order valence-electron chi connectivity index (χ0n) is 11.8. The Balaban J connectivity index is 2.38. The van der Waals surface area contributed by atoms with E-state index in [4.69, 9.17) is 16.3 Å². The van der Waals surface area contributed by atoms with Gasteiger partial charge in [0.15, 0.2) is 5.78 Å². The third kappa shape index (κ3) is 2.96. The molecule has 0 saturated heterocycles. The fraction of sp³-hybridized carbons (Fsp3) is 0.267. The zero-order chi connectivity index (χ0) is 14.9. The second-order valence-corrected chi connectivity index (χ2v) is 5.00. The van der Waals surface area contributed by atoms with Crippen molar-refractivity contribution in [3.05, 3.63) is 45.9 Å². The van der Waals surface area contributed by atoms with E-state index in [2.05, 4.69) is 9.97 Å². The number of aromatic nitrogens is 2. The first kappa shape index (κ1) is 14.5. The maximum atomic E-state index is 11.3. The van der Waals surface area contributed by atoms with Crippen molar-refractivity contribution in [1.29, 1.82) is 0 Å². The first-order valence-corrected chi connectivity index (χ1v) is 6.56. The van der Waals surface area contributed by atoms with Gasteiger partial charge in [0, 0.05) is 16.8 Å². The van der Waals surface area contributed by atoms with Gasteiger partial charge in [-0.2, -0.15) is 4.98 Å². The number of aryl methyl sites for hydroxylation is 2. The van der Waals surface area contributed by atoms with Crippen molar-refractivity contribution in [2.45, 2.75) is 27.7 Å². The number of Topliss-reactive ketones (excluding diaryl/α,β-unsaturated/α-hetero) is 1. The standard InChI is InChI=1S/C15H15ClN2O2/c1-8-9(2)17-11(4)18-15(8)20-14-6-5-12(10(3)19)7-13(14)16/h5-7H,1-4H3. The van der Waals surface area contributed by atoms with E-state index in [0.29, 0.717) is 28.0 Å². The van der Waals surface area contributed by atoms with Crippen LogP contribution in [0.15, 0.2) is 18.2 Å². The molecule has 2 rings (SSSR count). The monoisotopic (exact) mass is 290 g/mol. The maximum Gasteiger partial charge on any atom is 0.225 e. The predicted octanol–water partition coefficient (Wildman–Crippen LogP) is 4.05. The maximum absolute atomic E-state index is 11.3. The summed E-state index contributed by atoms with van der Waals surface area (Å²) < 4.78 is 5.74. The second kappa shape index (κ2) is 5.59. The van der Waals surface area contributed by atoms with Crippen molar-refractivity contribution in [3.8, 4) is 11.6 Å². The van der Waals surface area contributed by atoms with Crippen molar-refractivity contribution in [2.24, 2.45) is 0 Å². The van der Waals surface area contributed by atoms with Gasteiger partial charge in [-0.15, -0.1) is 0 Å². The van der Waals surface area contributed by atoms with Crippen LogP contribution in [0.4, 0.5) is 0 Å². The summed E-state index contributed by atoms with van der Waals surface area (Å²) in [7, 11) is 0. The number of rotatable bonds is 3. The molecule has 2 aromatic rings. The number of carbonyl (C=O) groups excluding carboxylic acids is 1. The fourth-order valence-electron chi connectivity index (χ4n) is 1.74. The molecule has 0 amide bonds. The molecule has 1 heterocycles. The number of carbonyl (C=O) groups is 1. The summed E-state index contributed by atoms with van der Waals surface area (Å²) in [5, 5.41) is 0.381. The largest absolute Gasteiger partial charge is 0.437 e. The fourth-order valence-corrected chi connectivity index (χ4v) is 1.96. The molecular formula is C15H15ClN2O2. The van der Waals surface area contributed by atoms with E-state index in [-0.39, 0.29) is 5.78 Å². The van der Waals surface area contributed by atoms with Crippen molar-refractivity contribution >= 4 is 17.4 Å². The summed E-state index contributed by atoms with van der Waals surface area (Å²) in [6, 6.07) is 4.94. The lowest BCUT2D eigenvalue weighted by Gasteiger charge is -2.11. The van der Waals surface area contributed by atoms with E-state index in [9.17, 15) is 4.79 Å². The molecule has 104 valence electrons. The highest BCUT2D eigenvalue weighted by Gasteiger charge is 2.11. The molecule has 0 radical (unpaired) electrons. The lowest BCUT2D eigenvalue weighted by atomic mass is 10.1. The molecule has 0 aliphatic carbocycles. The minimum Gasteiger partial charge on any atom is -0.437 e. The van der Waals surface area contributed by atoms with Gasteiger partial charge in [0.05, 0.1) is 5.02 Å². The highest BCUT2D eigenvalue weighted by Crippen LogP contribution is 2.31.